The fourth-order valence-electron chi connectivity index (χ4n) is 3.84. The summed E-state index contributed by atoms with van der Waals surface area (Å²) in [6.45, 7) is 1.21. The summed E-state index contributed by atoms with van der Waals surface area (Å²) < 4.78 is 5.80. The lowest BCUT2D eigenvalue weighted by Gasteiger charge is -2.31. The van der Waals surface area contributed by atoms with Crippen LogP contribution in [-0.4, -0.2) is 34.8 Å². The summed E-state index contributed by atoms with van der Waals surface area (Å²) in [5, 5.41) is 4.90. The molecule has 1 N–H and O–H groups in total. The number of hydrogen-bond donors (Lipinski definition) is 1. The van der Waals surface area contributed by atoms with Gasteiger partial charge in [-0.3, -0.25) is 9.59 Å². The van der Waals surface area contributed by atoms with Crippen LogP contribution in [-0.2, 0) is 4.79 Å². The normalized spacial score (nSPS) is 14.6. The van der Waals surface area contributed by atoms with Crippen molar-refractivity contribution in [3.63, 3.8) is 0 Å². The minimum absolute atomic E-state index is 0.00200. The summed E-state index contributed by atoms with van der Waals surface area (Å²) in [5.74, 6) is 0.521. The zero-order valence-corrected chi connectivity index (χ0v) is 17.6. The van der Waals surface area contributed by atoms with E-state index in [0.717, 1.165) is 27.2 Å². The van der Waals surface area contributed by atoms with Crippen LogP contribution >= 0.6 is 11.3 Å². The largest absolute Gasteiger partial charge is 0.436 e. The minimum Gasteiger partial charge on any atom is -0.436 e. The molecule has 2 amide bonds. The second kappa shape index (κ2) is 8.35. The van der Waals surface area contributed by atoms with Crippen molar-refractivity contribution >= 4 is 39.9 Å². The van der Waals surface area contributed by atoms with E-state index in [1.807, 2.05) is 70.9 Å². The molecule has 0 unspecified atom stereocenters. The zero-order valence-electron chi connectivity index (χ0n) is 16.8. The second-order valence-corrected chi connectivity index (χ2v) is 8.54. The van der Waals surface area contributed by atoms with Gasteiger partial charge in [0.05, 0.1) is 4.88 Å². The van der Waals surface area contributed by atoms with E-state index >= 15 is 0 Å². The van der Waals surface area contributed by atoms with Gasteiger partial charge in [0.15, 0.2) is 5.58 Å². The number of likely N-dealkylation sites (tertiary alicyclic amines) is 1. The Kier molecular flexibility index (Phi) is 5.26. The van der Waals surface area contributed by atoms with Crippen LogP contribution in [0.1, 0.15) is 22.5 Å². The van der Waals surface area contributed by atoms with Crippen molar-refractivity contribution in [2.24, 2.45) is 5.92 Å². The third-order valence-corrected chi connectivity index (χ3v) is 6.44. The maximum atomic E-state index is 12.7. The van der Waals surface area contributed by atoms with Gasteiger partial charge < -0.3 is 14.6 Å². The van der Waals surface area contributed by atoms with Crippen molar-refractivity contribution in [1.29, 1.82) is 0 Å². The quantitative estimate of drug-likeness (QED) is 0.491. The molecule has 31 heavy (non-hydrogen) atoms. The maximum Gasteiger partial charge on any atom is 0.263 e. The third-order valence-electron chi connectivity index (χ3n) is 5.58. The second-order valence-electron chi connectivity index (χ2n) is 7.60. The molecule has 0 aliphatic carbocycles. The summed E-state index contributed by atoms with van der Waals surface area (Å²) in [7, 11) is 0. The molecule has 5 rings (SSSR count). The van der Waals surface area contributed by atoms with E-state index in [-0.39, 0.29) is 17.7 Å². The van der Waals surface area contributed by atoms with E-state index in [9.17, 15) is 9.59 Å². The SMILES string of the molecule is O=C(Nc1ccc(-c2nc3ccccc3o2)cc1)C1CCN(C(=O)c2cccs2)CC1. The topological polar surface area (TPSA) is 75.4 Å². The number of carbonyl (C=O) groups is 2. The average molecular weight is 432 g/mol. The van der Waals surface area contributed by atoms with E-state index < -0.39 is 0 Å². The molecule has 0 spiro atoms. The summed E-state index contributed by atoms with van der Waals surface area (Å²) in [6, 6.07) is 18.9. The van der Waals surface area contributed by atoms with Crippen molar-refractivity contribution in [3.8, 4) is 11.5 Å². The Morgan fingerprint density at radius 2 is 1.77 bits per heavy atom. The number of amides is 2. The lowest BCUT2D eigenvalue weighted by atomic mass is 9.95. The average Bonchev–Trinajstić information content (AvgIpc) is 3.49. The van der Waals surface area contributed by atoms with E-state index in [1.165, 1.54) is 11.3 Å². The molecule has 6 nitrogen and oxygen atoms in total. The highest BCUT2D eigenvalue weighted by Gasteiger charge is 2.28. The van der Waals surface area contributed by atoms with Crippen molar-refractivity contribution in [1.82, 2.24) is 9.88 Å². The van der Waals surface area contributed by atoms with Crippen LogP contribution in [0, 0.1) is 5.92 Å². The molecule has 4 aromatic rings. The van der Waals surface area contributed by atoms with Crippen molar-refractivity contribution in [3.05, 3.63) is 70.9 Å². The molecule has 3 heterocycles. The molecule has 0 saturated carbocycles. The molecular formula is C24H21N3O3S. The molecule has 156 valence electrons. The van der Waals surface area contributed by atoms with E-state index in [2.05, 4.69) is 10.3 Å². The monoisotopic (exact) mass is 431 g/mol. The standard InChI is InChI=1S/C24H21N3O3S/c28-22(16-11-13-27(14-12-16)24(29)21-6-3-15-31-21)25-18-9-7-17(8-10-18)23-26-19-4-1-2-5-20(19)30-23/h1-10,15-16H,11-14H2,(H,25,28). The third kappa shape index (κ3) is 4.09. The molecule has 0 radical (unpaired) electrons. The number of rotatable bonds is 4. The fraction of sp³-hybridized carbons (Fsp3) is 0.208. The number of para-hydroxylation sites is 2. The molecular weight excluding hydrogens is 410 g/mol. The van der Waals surface area contributed by atoms with Gasteiger partial charge in [-0.25, -0.2) is 4.98 Å². The molecule has 0 atom stereocenters. The van der Waals surface area contributed by atoms with Gasteiger partial charge in [-0.1, -0.05) is 18.2 Å². The highest BCUT2D eigenvalue weighted by atomic mass is 32.1. The number of anilines is 1. The Labute approximate surface area is 183 Å². The number of benzene rings is 2. The van der Waals surface area contributed by atoms with Crippen LogP contribution in [0.5, 0.6) is 0 Å². The Bertz CT molecular complexity index is 1170. The van der Waals surface area contributed by atoms with Crippen molar-refractivity contribution in [2.45, 2.75) is 12.8 Å². The van der Waals surface area contributed by atoms with Gasteiger partial charge >= 0.3 is 0 Å². The Morgan fingerprint density at radius 3 is 2.48 bits per heavy atom. The van der Waals surface area contributed by atoms with Crippen LogP contribution in [0.2, 0.25) is 0 Å². The van der Waals surface area contributed by atoms with Gasteiger partial charge in [0.2, 0.25) is 11.8 Å². The molecule has 1 saturated heterocycles. The van der Waals surface area contributed by atoms with Crippen LogP contribution < -0.4 is 5.32 Å². The Morgan fingerprint density at radius 1 is 1.00 bits per heavy atom. The predicted molar refractivity (Wildman–Crippen MR) is 121 cm³/mol. The fourth-order valence-corrected chi connectivity index (χ4v) is 4.53. The van der Waals surface area contributed by atoms with Crippen molar-refractivity contribution in [2.75, 3.05) is 18.4 Å². The first-order valence-corrected chi connectivity index (χ1v) is 11.1. The number of thiophene rings is 1. The summed E-state index contributed by atoms with van der Waals surface area (Å²) in [5.41, 5.74) is 3.16. The molecule has 1 aliphatic rings. The first-order valence-electron chi connectivity index (χ1n) is 10.3. The minimum atomic E-state index is -0.0934. The molecule has 7 heteroatoms. The number of nitrogens with zero attached hydrogens (tertiary/aromatic N) is 2. The lowest BCUT2D eigenvalue weighted by Crippen LogP contribution is -2.41. The maximum absolute atomic E-state index is 12.7. The highest BCUT2D eigenvalue weighted by Crippen LogP contribution is 2.26. The molecule has 1 fully saturated rings. The van der Waals surface area contributed by atoms with E-state index in [1.54, 1.807) is 0 Å². The number of hydrogen-bond acceptors (Lipinski definition) is 5. The van der Waals surface area contributed by atoms with Crippen LogP contribution in [0.3, 0.4) is 0 Å². The highest BCUT2D eigenvalue weighted by molar-refractivity contribution is 7.12. The molecule has 2 aromatic heterocycles. The van der Waals surface area contributed by atoms with Gasteiger partial charge in [-0.2, -0.15) is 0 Å². The summed E-state index contributed by atoms with van der Waals surface area (Å²) in [4.78, 5) is 32.3. The molecule has 1 aliphatic heterocycles. The van der Waals surface area contributed by atoms with Crippen LogP contribution in [0.25, 0.3) is 22.6 Å². The molecule has 0 bridgehead atoms. The summed E-state index contributed by atoms with van der Waals surface area (Å²) >= 11 is 1.45. The van der Waals surface area contributed by atoms with Gasteiger partial charge in [0.25, 0.3) is 5.91 Å². The Hall–Kier alpha value is -3.45. The van der Waals surface area contributed by atoms with Gasteiger partial charge in [0.1, 0.15) is 5.52 Å². The smallest absolute Gasteiger partial charge is 0.263 e. The number of piperidine rings is 1. The van der Waals surface area contributed by atoms with Gasteiger partial charge in [-0.05, 0) is 60.7 Å². The van der Waals surface area contributed by atoms with E-state index in [4.69, 9.17) is 4.42 Å². The first-order chi connectivity index (χ1) is 15.2. The zero-order chi connectivity index (χ0) is 21.2. The van der Waals surface area contributed by atoms with Crippen LogP contribution in [0.4, 0.5) is 5.69 Å². The first kappa shape index (κ1) is 19.5. The lowest BCUT2D eigenvalue weighted by molar-refractivity contribution is -0.121. The van der Waals surface area contributed by atoms with Gasteiger partial charge in [0, 0.05) is 30.3 Å². The number of aromatic nitrogens is 1. The number of nitrogens with one attached hydrogen (secondary N) is 1. The number of fused-ring (bicyclic) bond motifs is 1. The number of carbonyl (C=O) groups excluding carboxylic acids is 2. The van der Waals surface area contributed by atoms with Crippen molar-refractivity contribution < 1.29 is 14.0 Å². The number of oxazole rings is 1. The Balaban J connectivity index is 1.19. The molecule has 2 aromatic carbocycles. The van der Waals surface area contributed by atoms with Crippen LogP contribution in [0.15, 0.2) is 70.5 Å². The van der Waals surface area contributed by atoms with Gasteiger partial charge in [-0.15, -0.1) is 11.3 Å². The van der Waals surface area contributed by atoms with E-state index in [0.29, 0.717) is 31.8 Å². The predicted octanol–water partition coefficient (Wildman–Crippen LogP) is 5.05. The summed E-state index contributed by atoms with van der Waals surface area (Å²) in [6.07, 6.45) is 1.34.